The van der Waals surface area contributed by atoms with Crippen LogP contribution in [-0.2, 0) is 0 Å². The zero-order valence-electron chi connectivity index (χ0n) is 7.65. The summed E-state index contributed by atoms with van der Waals surface area (Å²) in [6.07, 6.45) is 2.21. The van der Waals surface area contributed by atoms with E-state index in [1.165, 1.54) is 5.57 Å². The van der Waals surface area contributed by atoms with Gasteiger partial charge in [0.2, 0.25) is 0 Å². The molecule has 0 aliphatic carbocycles. The Balaban J connectivity index is 2.21. The third-order valence-corrected chi connectivity index (χ3v) is 3.34. The second-order valence-corrected chi connectivity index (χ2v) is 4.19. The molecule has 0 radical (unpaired) electrons. The van der Waals surface area contributed by atoms with Crippen LogP contribution in [0.2, 0.25) is 0 Å². The highest BCUT2D eigenvalue weighted by atomic mass is 19.1. The Morgan fingerprint density at radius 1 is 1.75 bits per heavy atom. The van der Waals surface area contributed by atoms with Crippen molar-refractivity contribution in [1.29, 1.82) is 0 Å². The summed E-state index contributed by atoms with van der Waals surface area (Å²) in [7, 11) is 0. The molecule has 0 bridgehead atoms. The van der Waals surface area contributed by atoms with Crippen LogP contribution >= 0.6 is 0 Å². The van der Waals surface area contributed by atoms with Crippen LogP contribution in [0.3, 0.4) is 0 Å². The minimum atomic E-state index is -0.599. The molecule has 2 aliphatic heterocycles. The number of alkyl halides is 1. The molecule has 0 amide bonds. The molecule has 2 aliphatic rings. The van der Waals surface area contributed by atoms with Gasteiger partial charge in [-0.15, -0.1) is 0 Å². The highest BCUT2D eigenvalue weighted by Gasteiger charge is 2.48. The predicted molar refractivity (Wildman–Crippen MR) is 47.9 cm³/mol. The Bertz CT molecular complexity index is 214. The van der Waals surface area contributed by atoms with Crippen molar-refractivity contribution in [2.45, 2.75) is 37.9 Å². The summed E-state index contributed by atoms with van der Waals surface area (Å²) in [5.41, 5.74) is 1.43. The third kappa shape index (κ3) is 1.01. The van der Waals surface area contributed by atoms with E-state index in [-0.39, 0.29) is 5.54 Å². The Kier molecular flexibility index (Phi) is 1.76. The Labute approximate surface area is 73.2 Å². The number of hydrogen-bond donors (Lipinski definition) is 0. The van der Waals surface area contributed by atoms with Crippen LogP contribution in [0.4, 0.5) is 4.39 Å². The molecule has 0 aromatic carbocycles. The van der Waals surface area contributed by atoms with Gasteiger partial charge in [-0.05, 0) is 19.3 Å². The average Bonchev–Trinajstić information content (AvgIpc) is 2.40. The van der Waals surface area contributed by atoms with Gasteiger partial charge in [0.1, 0.15) is 6.17 Å². The number of halogens is 1. The number of nitrogens with zero attached hydrogens (tertiary/aromatic N) is 1. The number of hydrogen-bond acceptors (Lipinski definition) is 1. The van der Waals surface area contributed by atoms with Crippen molar-refractivity contribution >= 4 is 0 Å². The second kappa shape index (κ2) is 2.56. The van der Waals surface area contributed by atoms with Crippen LogP contribution in [0.25, 0.3) is 0 Å². The first kappa shape index (κ1) is 8.24. The fourth-order valence-electron chi connectivity index (χ4n) is 2.74. The van der Waals surface area contributed by atoms with Crippen molar-refractivity contribution in [2.24, 2.45) is 0 Å². The monoisotopic (exact) mass is 169 g/mol. The van der Waals surface area contributed by atoms with Gasteiger partial charge in [0.25, 0.3) is 0 Å². The van der Waals surface area contributed by atoms with Crippen LogP contribution < -0.4 is 0 Å². The normalized spacial score (nSPS) is 42.2. The predicted octanol–water partition coefficient (Wildman–Crippen LogP) is 2.14. The average molecular weight is 169 g/mol. The van der Waals surface area contributed by atoms with Crippen LogP contribution in [0, 0.1) is 0 Å². The van der Waals surface area contributed by atoms with Gasteiger partial charge in [0.05, 0.1) is 0 Å². The van der Waals surface area contributed by atoms with Crippen molar-refractivity contribution in [2.75, 3.05) is 13.1 Å². The summed E-state index contributed by atoms with van der Waals surface area (Å²) in [4.78, 5) is 2.28. The summed E-state index contributed by atoms with van der Waals surface area (Å²) in [6, 6.07) is 0. The van der Waals surface area contributed by atoms with E-state index >= 15 is 0 Å². The van der Waals surface area contributed by atoms with E-state index < -0.39 is 6.17 Å². The Morgan fingerprint density at radius 3 is 3.08 bits per heavy atom. The van der Waals surface area contributed by atoms with Crippen molar-refractivity contribution in [3.8, 4) is 0 Å². The topological polar surface area (TPSA) is 3.24 Å². The minimum absolute atomic E-state index is 0.149. The molecule has 1 nitrogen and oxygen atoms in total. The van der Waals surface area contributed by atoms with E-state index in [0.29, 0.717) is 6.54 Å². The molecule has 12 heavy (non-hydrogen) atoms. The molecule has 0 aromatic heterocycles. The van der Waals surface area contributed by atoms with Gasteiger partial charge in [-0.1, -0.05) is 19.1 Å². The smallest absolute Gasteiger partial charge is 0.115 e. The molecule has 2 rings (SSSR count). The molecular formula is C10H16FN. The fraction of sp³-hybridized carbons (Fsp3) is 0.800. The van der Waals surface area contributed by atoms with Crippen LogP contribution in [0.15, 0.2) is 12.2 Å². The quantitative estimate of drug-likeness (QED) is 0.543. The lowest BCUT2D eigenvalue weighted by atomic mass is 9.90. The maximum absolute atomic E-state index is 13.1. The largest absolute Gasteiger partial charge is 0.290 e. The van der Waals surface area contributed by atoms with E-state index in [1.54, 1.807) is 0 Å². The fourth-order valence-corrected chi connectivity index (χ4v) is 2.74. The molecule has 0 spiro atoms. The maximum atomic E-state index is 13.1. The highest BCUT2D eigenvalue weighted by Crippen LogP contribution is 2.43. The number of fused-ring (bicyclic) bond motifs is 1. The minimum Gasteiger partial charge on any atom is -0.290 e. The molecule has 2 heterocycles. The molecular weight excluding hydrogens is 153 g/mol. The molecule has 68 valence electrons. The first-order valence-corrected chi connectivity index (χ1v) is 4.72. The van der Waals surface area contributed by atoms with E-state index in [9.17, 15) is 4.39 Å². The second-order valence-electron chi connectivity index (χ2n) is 4.19. The third-order valence-electron chi connectivity index (χ3n) is 3.34. The van der Waals surface area contributed by atoms with Gasteiger partial charge in [-0.3, -0.25) is 4.90 Å². The summed E-state index contributed by atoms with van der Waals surface area (Å²) in [5.74, 6) is 0. The SMILES string of the molecule is C=C1CN2CC(F)C[C@@]2(CC)C1. The van der Waals surface area contributed by atoms with E-state index in [2.05, 4.69) is 18.4 Å². The first-order chi connectivity index (χ1) is 5.66. The standard InChI is InChI=1S/C10H16FN/c1-3-10-4-8(2)6-12(10)7-9(11)5-10/h9H,2-7H2,1H3/t9?,10-/m1/s1. The van der Waals surface area contributed by atoms with Gasteiger partial charge in [-0.25, -0.2) is 4.39 Å². The molecule has 0 aromatic rings. The van der Waals surface area contributed by atoms with Gasteiger partial charge < -0.3 is 0 Å². The molecule has 1 unspecified atom stereocenters. The summed E-state index contributed by atoms with van der Waals surface area (Å²) >= 11 is 0. The van der Waals surface area contributed by atoms with Crippen molar-refractivity contribution in [1.82, 2.24) is 4.90 Å². The Hall–Kier alpha value is -0.370. The van der Waals surface area contributed by atoms with Gasteiger partial charge >= 0.3 is 0 Å². The summed E-state index contributed by atoms with van der Waals surface area (Å²) in [6.45, 7) is 7.70. The van der Waals surface area contributed by atoms with Gasteiger partial charge in [0, 0.05) is 18.6 Å². The summed E-state index contributed by atoms with van der Waals surface area (Å²) < 4.78 is 13.1. The van der Waals surface area contributed by atoms with Crippen molar-refractivity contribution < 1.29 is 4.39 Å². The molecule has 0 saturated carbocycles. The van der Waals surface area contributed by atoms with Crippen LogP contribution in [0.5, 0.6) is 0 Å². The highest BCUT2D eigenvalue weighted by molar-refractivity contribution is 5.18. The molecule has 2 fully saturated rings. The van der Waals surface area contributed by atoms with E-state index in [0.717, 1.165) is 25.8 Å². The lowest BCUT2D eigenvalue weighted by Crippen LogP contribution is -2.37. The van der Waals surface area contributed by atoms with E-state index in [1.807, 2.05) is 0 Å². The number of rotatable bonds is 1. The molecule has 2 heteroatoms. The maximum Gasteiger partial charge on any atom is 0.115 e. The lowest BCUT2D eigenvalue weighted by Gasteiger charge is -2.29. The zero-order chi connectivity index (χ0) is 8.77. The molecule has 2 saturated heterocycles. The van der Waals surface area contributed by atoms with Crippen molar-refractivity contribution in [3.05, 3.63) is 12.2 Å². The summed E-state index contributed by atoms with van der Waals surface area (Å²) in [5, 5.41) is 0. The lowest BCUT2D eigenvalue weighted by molar-refractivity contribution is 0.189. The Morgan fingerprint density at radius 2 is 2.50 bits per heavy atom. The van der Waals surface area contributed by atoms with E-state index in [4.69, 9.17) is 0 Å². The van der Waals surface area contributed by atoms with Crippen LogP contribution in [0.1, 0.15) is 26.2 Å². The van der Waals surface area contributed by atoms with Crippen molar-refractivity contribution in [3.63, 3.8) is 0 Å². The first-order valence-electron chi connectivity index (χ1n) is 4.72. The van der Waals surface area contributed by atoms with Gasteiger partial charge in [0.15, 0.2) is 0 Å². The van der Waals surface area contributed by atoms with Gasteiger partial charge in [-0.2, -0.15) is 0 Å². The van der Waals surface area contributed by atoms with Crippen LogP contribution in [-0.4, -0.2) is 29.7 Å². The molecule has 2 atom stereocenters. The molecule has 0 N–H and O–H groups in total. The zero-order valence-corrected chi connectivity index (χ0v) is 7.65.